The number of thiazole rings is 1. The first-order chi connectivity index (χ1) is 10.4. The number of halogens is 1. The molecule has 23 heavy (non-hydrogen) atoms. The minimum absolute atomic E-state index is 0. The van der Waals surface area contributed by atoms with Crippen LogP contribution in [0.25, 0.3) is 0 Å². The average Bonchev–Trinajstić information content (AvgIpc) is 2.96. The zero-order valence-corrected chi connectivity index (χ0v) is 17.7. The van der Waals surface area contributed by atoms with E-state index >= 15 is 0 Å². The van der Waals surface area contributed by atoms with Crippen LogP contribution in [0.2, 0.25) is 0 Å². The van der Waals surface area contributed by atoms with Crippen molar-refractivity contribution in [2.45, 2.75) is 26.7 Å². The monoisotopic (exact) mass is 472 g/mol. The Morgan fingerprint density at radius 3 is 2.65 bits per heavy atom. The first-order valence-electron chi connectivity index (χ1n) is 7.47. The van der Waals surface area contributed by atoms with Crippen LogP contribution in [-0.4, -0.2) is 51.0 Å². The van der Waals surface area contributed by atoms with Crippen molar-refractivity contribution < 1.29 is 8.42 Å². The third kappa shape index (κ3) is 6.54. The van der Waals surface area contributed by atoms with Crippen LogP contribution < -0.4 is 10.6 Å². The zero-order valence-electron chi connectivity index (χ0n) is 13.8. The Morgan fingerprint density at radius 2 is 2.13 bits per heavy atom. The van der Waals surface area contributed by atoms with Gasteiger partial charge in [0, 0.05) is 31.4 Å². The quantitative estimate of drug-likeness (QED) is 0.386. The average molecular weight is 472 g/mol. The van der Waals surface area contributed by atoms with Gasteiger partial charge in [0.2, 0.25) is 0 Å². The summed E-state index contributed by atoms with van der Waals surface area (Å²) in [5.41, 5.74) is 1.10. The van der Waals surface area contributed by atoms with Crippen LogP contribution in [0.5, 0.6) is 0 Å². The molecule has 0 bridgehead atoms. The zero-order chi connectivity index (χ0) is 16.2. The summed E-state index contributed by atoms with van der Waals surface area (Å²) >= 11 is 1.73. The largest absolute Gasteiger partial charge is 0.356 e. The van der Waals surface area contributed by atoms with Crippen molar-refractivity contribution in [3.8, 4) is 0 Å². The summed E-state index contributed by atoms with van der Waals surface area (Å²) in [6.45, 7) is 5.52. The Hall–Kier alpha value is -0.420. The highest BCUT2D eigenvalue weighted by Crippen LogP contribution is 2.17. The fourth-order valence-corrected chi connectivity index (χ4v) is 5.22. The van der Waals surface area contributed by atoms with E-state index in [0.717, 1.165) is 30.1 Å². The second-order valence-corrected chi connectivity index (χ2v) is 9.16. The standard InChI is InChI=1S/C14H24N4O2S2.HI/c1-10-11(2)21-13(18-10)4-6-16-14(15-3)17-8-12-5-7-22(19,20)9-12;/h12H,4-9H2,1-3H3,(H2,15,16,17);1H. The van der Waals surface area contributed by atoms with E-state index in [-0.39, 0.29) is 35.6 Å². The molecule has 2 rings (SSSR count). The van der Waals surface area contributed by atoms with Gasteiger partial charge in [-0.05, 0) is 26.2 Å². The van der Waals surface area contributed by atoms with Gasteiger partial charge in [-0.3, -0.25) is 4.99 Å². The van der Waals surface area contributed by atoms with Crippen LogP contribution in [0, 0.1) is 19.8 Å². The van der Waals surface area contributed by atoms with Gasteiger partial charge in [0.1, 0.15) is 0 Å². The maximum Gasteiger partial charge on any atom is 0.190 e. The third-order valence-electron chi connectivity index (χ3n) is 3.81. The van der Waals surface area contributed by atoms with E-state index in [1.165, 1.54) is 4.88 Å². The molecule has 0 aliphatic carbocycles. The van der Waals surface area contributed by atoms with E-state index in [2.05, 4.69) is 27.5 Å². The number of aliphatic imine (C=N–C) groups is 1. The van der Waals surface area contributed by atoms with Gasteiger partial charge >= 0.3 is 0 Å². The molecule has 2 N–H and O–H groups in total. The predicted octanol–water partition coefficient (Wildman–Crippen LogP) is 1.52. The summed E-state index contributed by atoms with van der Waals surface area (Å²) in [6.07, 6.45) is 1.60. The van der Waals surface area contributed by atoms with Gasteiger partial charge in [-0.2, -0.15) is 0 Å². The molecule has 1 fully saturated rings. The molecular weight excluding hydrogens is 447 g/mol. The Bertz CT molecular complexity index is 624. The minimum Gasteiger partial charge on any atom is -0.356 e. The van der Waals surface area contributed by atoms with Crippen molar-refractivity contribution in [2.75, 3.05) is 31.6 Å². The lowest BCUT2D eigenvalue weighted by Gasteiger charge is -2.14. The Labute approximate surface area is 159 Å². The highest BCUT2D eigenvalue weighted by Gasteiger charge is 2.27. The van der Waals surface area contributed by atoms with E-state index in [1.807, 2.05) is 6.92 Å². The molecule has 1 aliphatic heterocycles. The molecule has 0 saturated carbocycles. The van der Waals surface area contributed by atoms with Crippen LogP contribution in [0.4, 0.5) is 0 Å². The van der Waals surface area contributed by atoms with Crippen LogP contribution in [0.15, 0.2) is 4.99 Å². The van der Waals surface area contributed by atoms with E-state index in [1.54, 1.807) is 18.4 Å². The topological polar surface area (TPSA) is 83.4 Å². The molecular formula is C14H25IN4O2S2. The van der Waals surface area contributed by atoms with Gasteiger partial charge in [0.25, 0.3) is 0 Å². The summed E-state index contributed by atoms with van der Waals surface area (Å²) in [6, 6.07) is 0. The summed E-state index contributed by atoms with van der Waals surface area (Å²) in [7, 11) is -1.09. The summed E-state index contributed by atoms with van der Waals surface area (Å²) in [5.74, 6) is 1.50. The van der Waals surface area contributed by atoms with Gasteiger partial charge in [-0.1, -0.05) is 0 Å². The first kappa shape index (κ1) is 20.6. The van der Waals surface area contributed by atoms with Crippen molar-refractivity contribution in [3.05, 3.63) is 15.6 Å². The summed E-state index contributed by atoms with van der Waals surface area (Å²) in [5, 5.41) is 7.58. The summed E-state index contributed by atoms with van der Waals surface area (Å²) in [4.78, 5) is 9.94. The van der Waals surface area contributed by atoms with Crippen molar-refractivity contribution >= 4 is 51.1 Å². The Balaban J connectivity index is 0.00000264. The lowest BCUT2D eigenvalue weighted by atomic mass is 10.1. The number of aryl methyl sites for hydroxylation is 2. The molecule has 0 spiro atoms. The molecule has 0 aromatic carbocycles. The van der Waals surface area contributed by atoms with E-state index in [0.29, 0.717) is 18.3 Å². The number of guanidine groups is 1. The number of hydrogen-bond acceptors (Lipinski definition) is 5. The second-order valence-electron chi connectivity index (χ2n) is 5.65. The van der Waals surface area contributed by atoms with Crippen molar-refractivity contribution in [3.63, 3.8) is 0 Å². The van der Waals surface area contributed by atoms with Gasteiger partial charge in [-0.15, -0.1) is 35.3 Å². The van der Waals surface area contributed by atoms with Crippen LogP contribution >= 0.6 is 35.3 Å². The molecule has 1 aromatic heterocycles. The molecule has 2 heterocycles. The minimum atomic E-state index is -2.81. The molecule has 1 aromatic rings. The highest BCUT2D eigenvalue weighted by atomic mass is 127. The molecule has 1 unspecified atom stereocenters. The van der Waals surface area contributed by atoms with Crippen molar-refractivity contribution in [2.24, 2.45) is 10.9 Å². The van der Waals surface area contributed by atoms with Crippen LogP contribution in [-0.2, 0) is 16.3 Å². The Kier molecular flexibility index (Phi) is 8.22. The second kappa shape index (κ2) is 9.16. The fourth-order valence-electron chi connectivity index (χ4n) is 2.43. The number of aromatic nitrogens is 1. The predicted molar refractivity (Wildman–Crippen MR) is 107 cm³/mol. The summed E-state index contributed by atoms with van der Waals surface area (Å²) < 4.78 is 22.9. The van der Waals surface area contributed by atoms with Gasteiger partial charge in [0.05, 0.1) is 22.2 Å². The number of nitrogens with one attached hydrogen (secondary N) is 2. The van der Waals surface area contributed by atoms with Crippen LogP contribution in [0.3, 0.4) is 0 Å². The normalized spacial score (nSPS) is 20.1. The lowest BCUT2D eigenvalue weighted by molar-refractivity contribution is 0.567. The first-order valence-corrected chi connectivity index (χ1v) is 10.1. The van der Waals surface area contributed by atoms with Crippen LogP contribution in [0.1, 0.15) is 22.0 Å². The van der Waals surface area contributed by atoms with Gasteiger partial charge in [0.15, 0.2) is 15.8 Å². The molecule has 6 nitrogen and oxygen atoms in total. The molecule has 1 atom stereocenters. The molecule has 0 radical (unpaired) electrons. The van der Waals surface area contributed by atoms with E-state index in [9.17, 15) is 8.42 Å². The number of rotatable bonds is 5. The SMILES string of the molecule is CN=C(NCCc1nc(C)c(C)s1)NCC1CCS(=O)(=O)C1.I. The molecule has 0 amide bonds. The van der Waals surface area contributed by atoms with E-state index < -0.39 is 9.84 Å². The molecule has 1 aliphatic rings. The lowest BCUT2D eigenvalue weighted by Crippen LogP contribution is -2.40. The van der Waals surface area contributed by atoms with Gasteiger partial charge in [-0.25, -0.2) is 13.4 Å². The molecule has 9 heteroatoms. The van der Waals surface area contributed by atoms with Crippen molar-refractivity contribution in [1.82, 2.24) is 15.6 Å². The van der Waals surface area contributed by atoms with E-state index in [4.69, 9.17) is 0 Å². The highest BCUT2D eigenvalue weighted by molar-refractivity contribution is 14.0. The number of nitrogens with zero attached hydrogens (tertiary/aromatic N) is 2. The maximum absolute atomic E-state index is 11.4. The van der Waals surface area contributed by atoms with Crippen molar-refractivity contribution in [1.29, 1.82) is 0 Å². The number of hydrogen-bond donors (Lipinski definition) is 2. The maximum atomic E-state index is 11.4. The van der Waals surface area contributed by atoms with Gasteiger partial charge < -0.3 is 10.6 Å². The smallest absolute Gasteiger partial charge is 0.190 e. The molecule has 132 valence electrons. The Morgan fingerprint density at radius 1 is 1.39 bits per heavy atom. The molecule has 1 saturated heterocycles. The fraction of sp³-hybridized carbons (Fsp3) is 0.714. The number of sulfone groups is 1. The third-order valence-corrected chi connectivity index (χ3v) is 6.78.